The Morgan fingerprint density at radius 1 is 1.29 bits per heavy atom. The van der Waals surface area contributed by atoms with E-state index in [1.165, 1.54) is 19.3 Å². The molecule has 0 saturated carbocycles. The fourth-order valence-corrected chi connectivity index (χ4v) is 1.51. The second-order valence-electron chi connectivity index (χ2n) is 4.33. The van der Waals surface area contributed by atoms with Gasteiger partial charge in [-0.15, -0.1) is 6.42 Å². The fourth-order valence-electron chi connectivity index (χ4n) is 1.51. The summed E-state index contributed by atoms with van der Waals surface area (Å²) in [6.07, 6.45) is 10.5. The van der Waals surface area contributed by atoms with Gasteiger partial charge in [0.1, 0.15) is 0 Å². The van der Waals surface area contributed by atoms with E-state index in [0.29, 0.717) is 13.2 Å². The highest BCUT2D eigenvalue weighted by Crippen LogP contribution is 1.99. The Bertz CT molecular complexity index is 201. The van der Waals surface area contributed by atoms with Crippen molar-refractivity contribution >= 4 is 0 Å². The van der Waals surface area contributed by atoms with Crippen LogP contribution in [0.15, 0.2) is 0 Å². The SMILES string of the molecule is C#CC(CC)NCC(O)COCCCCCC. The predicted octanol–water partition coefficient (Wildman–Crippen LogP) is 1.95. The molecule has 0 bridgehead atoms. The molecule has 0 amide bonds. The van der Waals surface area contributed by atoms with Crippen LogP contribution in [0.4, 0.5) is 0 Å². The van der Waals surface area contributed by atoms with Crippen molar-refractivity contribution in [1.29, 1.82) is 0 Å². The lowest BCUT2D eigenvalue weighted by atomic mass is 10.2. The Morgan fingerprint density at radius 3 is 2.65 bits per heavy atom. The van der Waals surface area contributed by atoms with Crippen LogP contribution in [0, 0.1) is 12.3 Å². The summed E-state index contributed by atoms with van der Waals surface area (Å²) in [4.78, 5) is 0. The van der Waals surface area contributed by atoms with E-state index in [0.717, 1.165) is 19.4 Å². The summed E-state index contributed by atoms with van der Waals surface area (Å²) in [6.45, 7) is 5.83. The standard InChI is InChI=1S/C14H27NO2/c1-4-7-8-9-10-17-12-14(16)11-15-13(5-2)6-3/h2,13-16H,4,6-12H2,1,3H3. The molecule has 17 heavy (non-hydrogen) atoms. The number of ether oxygens (including phenoxy) is 1. The molecule has 100 valence electrons. The quantitative estimate of drug-likeness (QED) is 0.429. The van der Waals surface area contributed by atoms with Gasteiger partial charge in [-0.05, 0) is 12.8 Å². The molecule has 2 atom stereocenters. The van der Waals surface area contributed by atoms with Crippen molar-refractivity contribution in [2.24, 2.45) is 0 Å². The molecule has 0 aliphatic carbocycles. The molecule has 0 spiro atoms. The van der Waals surface area contributed by atoms with Crippen molar-refractivity contribution in [3.63, 3.8) is 0 Å². The van der Waals surface area contributed by atoms with Gasteiger partial charge in [0.15, 0.2) is 0 Å². The van der Waals surface area contributed by atoms with E-state index in [4.69, 9.17) is 11.2 Å². The number of unbranched alkanes of at least 4 members (excludes halogenated alkanes) is 3. The van der Waals surface area contributed by atoms with E-state index >= 15 is 0 Å². The summed E-state index contributed by atoms with van der Waals surface area (Å²) < 4.78 is 5.40. The molecule has 0 aromatic carbocycles. The van der Waals surface area contributed by atoms with Crippen molar-refractivity contribution in [2.45, 2.75) is 58.1 Å². The number of aliphatic hydroxyl groups is 1. The van der Waals surface area contributed by atoms with E-state index in [9.17, 15) is 5.11 Å². The third kappa shape index (κ3) is 10.3. The number of nitrogens with one attached hydrogen (secondary N) is 1. The highest BCUT2D eigenvalue weighted by atomic mass is 16.5. The Balaban J connectivity index is 3.34. The molecule has 0 radical (unpaired) electrons. The monoisotopic (exact) mass is 241 g/mol. The van der Waals surface area contributed by atoms with E-state index in [2.05, 4.69) is 18.2 Å². The van der Waals surface area contributed by atoms with Gasteiger partial charge in [0.2, 0.25) is 0 Å². The minimum absolute atomic E-state index is 0.0502. The first kappa shape index (κ1) is 16.4. The summed E-state index contributed by atoms with van der Waals surface area (Å²) >= 11 is 0. The van der Waals surface area contributed by atoms with Crippen molar-refractivity contribution in [2.75, 3.05) is 19.8 Å². The van der Waals surface area contributed by atoms with Crippen molar-refractivity contribution in [3.05, 3.63) is 0 Å². The van der Waals surface area contributed by atoms with E-state index in [1.54, 1.807) is 0 Å². The molecule has 0 aliphatic rings. The zero-order chi connectivity index (χ0) is 12.9. The summed E-state index contributed by atoms with van der Waals surface area (Å²) in [6, 6.07) is 0.0502. The fraction of sp³-hybridized carbons (Fsp3) is 0.857. The molecule has 0 aliphatic heterocycles. The first-order valence-corrected chi connectivity index (χ1v) is 6.69. The van der Waals surface area contributed by atoms with Crippen molar-refractivity contribution in [3.8, 4) is 12.3 Å². The van der Waals surface area contributed by atoms with Crippen LogP contribution < -0.4 is 5.32 Å². The molecule has 3 heteroatoms. The van der Waals surface area contributed by atoms with Crippen LogP contribution in [-0.4, -0.2) is 37.0 Å². The average molecular weight is 241 g/mol. The summed E-state index contributed by atoms with van der Waals surface area (Å²) in [5.41, 5.74) is 0. The van der Waals surface area contributed by atoms with Gasteiger partial charge in [-0.25, -0.2) is 0 Å². The van der Waals surface area contributed by atoms with E-state index in [-0.39, 0.29) is 6.04 Å². The summed E-state index contributed by atoms with van der Waals surface area (Å²) in [5, 5.41) is 12.7. The topological polar surface area (TPSA) is 41.5 Å². The predicted molar refractivity (Wildman–Crippen MR) is 71.9 cm³/mol. The van der Waals surface area contributed by atoms with Crippen LogP contribution >= 0.6 is 0 Å². The third-order valence-electron chi connectivity index (χ3n) is 2.66. The Kier molecular flexibility index (Phi) is 11.5. The van der Waals surface area contributed by atoms with Gasteiger partial charge in [0, 0.05) is 13.2 Å². The van der Waals surface area contributed by atoms with Crippen molar-refractivity contribution < 1.29 is 9.84 Å². The first-order chi connectivity index (χ1) is 8.24. The number of terminal acetylenes is 1. The van der Waals surface area contributed by atoms with Crippen LogP contribution in [-0.2, 0) is 4.74 Å². The van der Waals surface area contributed by atoms with Gasteiger partial charge < -0.3 is 15.2 Å². The minimum atomic E-state index is -0.469. The van der Waals surface area contributed by atoms with Gasteiger partial charge >= 0.3 is 0 Å². The van der Waals surface area contributed by atoms with Crippen LogP contribution in [0.2, 0.25) is 0 Å². The van der Waals surface area contributed by atoms with Crippen LogP contribution in [0.1, 0.15) is 46.0 Å². The molecule has 3 nitrogen and oxygen atoms in total. The largest absolute Gasteiger partial charge is 0.389 e. The maximum Gasteiger partial charge on any atom is 0.0898 e. The third-order valence-corrected chi connectivity index (χ3v) is 2.66. The summed E-state index contributed by atoms with van der Waals surface area (Å²) in [5.74, 6) is 2.63. The second-order valence-corrected chi connectivity index (χ2v) is 4.33. The van der Waals surface area contributed by atoms with Crippen LogP contribution in [0.3, 0.4) is 0 Å². The number of rotatable bonds is 11. The lowest BCUT2D eigenvalue weighted by Crippen LogP contribution is -2.36. The first-order valence-electron chi connectivity index (χ1n) is 6.69. The normalized spacial score (nSPS) is 14.2. The smallest absolute Gasteiger partial charge is 0.0898 e. The number of aliphatic hydroxyl groups excluding tert-OH is 1. The van der Waals surface area contributed by atoms with Crippen LogP contribution in [0.5, 0.6) is 0 Å². The Morgan fingerprint density at radius 2 is 2.06 bits per heavy atom. The molecule has 2 N–H and O–H groups in total. The molecule has 2 unspecified atom stereocenters. The second kappa shape index (κ2) is 11.9. The van der Waals surface area contributed by atoms with Crippen LogP contribution in [0.25, 0.3) is 0 Å². The minimum Gasteiger partial charge on any atom is -0.389 e. The molecular weight excluding hydrogens is 214 g/mol. The van der Waals surface area contributed by atoms with Gasteiger partial charge in [-0.1, -0.05) is 39.0 Å². The molecule has 0 heterocycles. The Hall–Kier alpha value is -0.560. The van der Waals surface area contributed by atoms with E-state index < -0.39 is 6.10 Å². The maximum atomic E-state index is 9.64. The van der Waals surface area contributed by atoms with Crippen molar-refractivity contribution in [1.82, 2.24) is 5.32 Å². The number of hydrogen-bond acceptors (Lipinski definition) is 3. The van der Waals surface area contributed by atoms with Gasteiger partial charge in [0.05, 0.1) is 18.8 Å². The molecular formula is C14H27NO2. The Labute approximate surface area is 106 Å². The molecule has 0 rings (SSSR count). The molecule has 0 fully saturated rings. The highest BCUT2D eigenvalue weighted by Gasteiger charge is 2.06. The van der Waals surface area contributed by atoms with Gasteiger partial charge in [-0.3, -0.25) is 0 Å². The average Bonchev–Trinajstić information content (AvgIpc) is 2.35. The molecule has 0 saturated heterocycles. The molecule has 0 aromatic heterocycles. The van der Waals surface area contributed by atoms with E-state index in [1.807, 2.05) is 6.92 Å². The number of hydrogen-bond donors (Lipinski definition) is 2. The van der Waals surface area contributed by atoms with Gasteiger partial charge in [0.25, 0.3) is 0 Å². The highest BCUT2D eigenvalue weighted by molar-refractivity contribution is 4.97. The zero-order valence-corrected chi connectivity index (χ0v) is 11.2. The lowest BCUT2D eigenvalue weighted by Gasteiger charge is -2.15. The lowest BCUT2D eigenvalue weighted by molar-refractivity contribution is 0.0348. The maximum absolute atomic E-state index is 9.64. The summed E-state index contributed by atoms with van der Waals surface area (Å²) in [7, 11) is 0. The molecule has 0 aromatic rings. The zero-order valence-electron chi connectivity index (χ0n) is 11.2. The van der Waals surface area contributed by atoms with Gasteiger partial charge in [-0.2, -0.15) is 0 Å².